The SMILES string of the molecule is CNC(=O)CCCNC(=O)C(N)c1ccccc1. The fourth-order valence-electron chi connectivity index (χ4n) is 1.51. The van der Waals surface area contributed by atoms with Crippen molar-refractivity contribution in [3.05, 3.63) is 35.9 Å². The van der Waals surface area contributed by atoms with Crippen molar-refractivity contribution in [1.82, 2.24) is 10.6 Å². The Hall–Kier alpha value is -1.88. The van der Waals surface area contributed by atoms with Crippen molar-refractivity contribution in [3.8, 4) is 0 Å². The number of carbonyl (C=O) groups excluding carboxylic acids is 2. The Morgan fingerprint density at radius 2 is 1.94 bits per heavy atom. The molecule has 0 heterocycles. The van der Waals surface area contributed by atoms with Gasteiger partial charge in [-0.2, -0.15) is 0 Å². The van der Waals surface area contributed by atoms with Crippen LogP contribution in [0.4, 0.5) is 0 Å². The van der Waals surface area contributed by atoms with E-state index in [9.17, 15) is 9.59 Å². The van der Waals surface area contributed by atoms with Crippen molar-refractivity contribution in [1.29, 1.82) is 0 Å². The molecular formula is C13H19N3O2. The number of hydrogen-bond donors (Lipinski definition) is 3. The summed E-state index contributed by atoms with van der Waals surface area (Å²) in [5.74, 6) is -0.255. The Balaban J connectivity index is 2.31. The molecule has 0 aliphatic carbocycles. The standard InChI is InChI=1S/C13H19N3O2/c1-15-11(17)8-5-9-16-13(18)12(14)10-6-3-2-4-7-10/h2-4,6-7,12H,5,8-9,14H2,1H3,(H,15,17)(H,16,18). The predicted molar refractivity (Wildman–Crippen MR) is 69.7 cm³/mol. The highest BCUT2D eigenvalue weighted by Gasteiger charge is 2.14. The number of nitrogens with two attached hydrogens (primary N) is 1. The van der Waals surface area contributed by atoms with Crippen LogP contribution in [0.25, 0.3) is 0 Å². The average Bonchev–Trinajstić information content (AvgIpc) is 2.43. The number of nitrogens with one attached hydrogen (secondary N) is 2. The molecule has 0 spiro atoms. The van der Waals surface area contributed by atoms with Crippen LogP contribution >= 0.6 is 0 Å². The predicted octanol–water partition coefficient (Wildman–Crippen LogP) is 0.329. The molecule has 0 aliphatic heterocycles. The van der Waals surface area contributed by atoms with Crippen LogP contribution in [-0.4, -0.2) is 25.4 Å². The van der Waals surface area contributed by atoms with Crippen LogP contribution in [0, 0.1) is 0 Å². The number of benzene rings is 1. The van der Waals surface area contributed by atoms with Gasteiger partial charge in [0.05, 0.1) is 0 Å². The molecule has 1 aromatic carbocycles. The fraction of sp³-hybridized carbons (Fsp3) is 0.385. The summed E-state index contributed by atoms with van der Waals surface area (Å²) in [5.41, 5.74) is 6.59. The van der Waals surface area contributed by atoms with Crippen LogP contribution in [0.15, 0.2) is 30.3 Å². The molecule has 1 rings (SSSR count). The minimum atomic E-state index is -0.661. The van der Waals surface area contributed by atoms with E-state index in [0.717, 1.165) is 5.56 Å². The number of rotatable bonds is 6. The lowest BCUT2D eigenvalue weighted by atomic mass is 10.1. The van der Waals surface area contributed by atoms with Gasteiger partial charge in [-0.05, 0) is 12.0 Å². The molecule has 5 heteroatoms. The molecule has 0 saturated carbocycles. The van der Waals surface area contributed by atoms with Crippen molar-refractivity contribution in [3.63, 3.8) is 0 Å². The summed E-state index contributed by atoms with van der Waals surface area (Å²) in [4.78, 5) is 22.7. The van der Waals surface area contributed by atoms with E-state index in [-0.39, 0.29) is 11.8 Å². The van der Waals surface area contributed by atoms with Gasteiger partial charge in [0.1, 0.15) is 6.04 Å². The van der Waals surface area contributed by atoms with E-state index in [1.54, 1.807) is 7.05 Å². The molecule has 0 aromatic heterocycles. The Bertz CT molecular complexity index is 392. The van der Waals surface area contributed by atoms with Crippen LogP contribution in [0.2, 0.25) is 0 Å². The van der Waals surface area contributed by atoms with Crippen molar-refractivity contribution in [2.75, 3.05) is 13.6 Å². The largest absolute Gasteiger partial charge is 0.359 e. The van der Waals surface area contributed by atoms with E-state index >= 15 is 0 Å². The highest BCUT2D eigenvalue weighted by Crippen LogP contribution is 2.08. The third kappa shape index (κ3) is 4.55. The van der Waals surface area contributed by atoms with Gasteiger partial charge in [-0.3, -0.25) is 9.59 Å². The van der Waals surface area contributed by atoms with E-state index in [4.69, 9.17) is 5.73 Å². The first kappa shape index (κ1) is 14.2. The minimum Gasteiger partial charge on any atom is -0.359 e. The summed E-state index contributed by atoms with van der Waals surface area (Å²) in [7, 11) is 1.59. The molecule has 0 aliphatic rings. The third-order valence-corrected chi connectivity index (χ3v) is 2.60. The second kappa shape index (κ2) is 7.45. The summed E-state index contributed by atoms with van der Waals surface area (Å²) in [6.45, 7) is 0.451. The first-order chi connectivity index (χ1) is 8.65. The number of amides is 2. The molecule has 0 fully saturated rings. The van der Waals surface area contributed by atoms with Crippen LogP contribution in [0.3, 0.4) is 0 Å². The number of carbonyl (C=O) groups is 2. The first-order valence-electron chi connectivity index (χ1n) is 5.94. The van der Waals surface area contributed by atoms with E-state index in [1.807, 2.05) is 30.3 Å². The smallest absolute Gasteiger partial charge is 0.241 e. The van der Waals surface area contributed by atoms with Crippen molar-refractivity contribution >= 4 is 11.8 Å². The minimum absolute atomic E-state index is 0.0309. The lowest BCUT2D eigenvalue weighted by Crippen LogP contribution is -2.35. The highest BCUT2D eigenvalue weighted by atomic mass is 16.2. The molecule has 2 amide bonds. The lowest BCUT2D eigenvalue weighted by Gasteiger charge is -2.12. The highest BCUT2D eigenvalue weighted by molar-refractivity contribution is 5.83. The van der Waals surface area contributed by atoms with Gasteiger partial charge in [-0.1, -0.05) is 30.3 Å². The zero-order valence-electron chi connectivity index (χ0n) is 10.5. The lowest BCUT2D eigenvalue weighted by molar-refractivity contribution is -0.123. The van der Waals surface area contributed by atoms with Gasteiger partial charge in [0.25, 0.3) is 0 Å². The van der Waals surface area contributed by atoms with Crippen molar-refractivity contribution < 1.29 is 9.59 Å². The summed E-state index contributed by atoms with van der Waals surface area (Å²) in [6.07, 6.45) is 1.00. The Kier molecular flexibility index (Phi) is 5.87. The summed E-state index contributed by atoms with van der Waals surface area (Å²) < 4.78 is 0. The molecule has 98 valence electrons. The second-order valence-electron chi connectivity index (χ2n) is 3.96. The molecular weight excluding hydrogens is 230 g/mol. The monoisotopic (exact) mass is 249 g/mol. The molecule has 1 atom stereocenters. The second-order valence-corrected chi connectivity index (χ2v) is 3.96. The summed E-state index contributed by atoms with van der Waals surface area (Å²) in [6, 6.07) is 8.52. The first-order valence-corrected chi connectivity index (χ1v) is 5.94. The molecule has 5 nitrogen and oxygen atoms in total. The normalized spacial score (nSPS) is 11.7. The van der Waals surface area contributed by atoms with Gasteiger partial charge in [0.2, 0.25) is 11.8 Å². The van der Waals surface area contributed by atoms with Gasteiger partial charge >= 0.3 is 0 Å². The maximum absolute atomic E-state index is 11.7. The third-order valence-electron chi connectivity index (χ3n) is 2.60. The van der Waals surface area contributed by atoms with Gasteiger partial charge < -0.3 is 16.4 Å². The molecule has 0 radical (unpaired) electrons. The van der Waals surface area contributed by atoms with Crippen molar-refractivity contribution in [2.24, 2.45) is 5.73 Å². The molecule has 1 aromatic rings. The summed E-state index contributed by atoms with van der Waals surface area (Å²) >= 11 is 0. The van der Waals surface area contributed by atoms with Crippen LogP contribution < -0.4 is 16.4 Å². The Morgan fingerprint density at radius 1 is 1.28 bits per heavy atom. The summed E-state index contributed by atoms with van der Waals surface area (Å²) in [5, 5.41) is 5.24. The fourth-order valence-corrected chi connectivity index (χ4v) is 1.51. The topological polar surface area (TPSA) is 84.2 Å². The van der Waals surface area contributed by atoms with E-state index in [0.29, 0.717) is 19.4 Å². The van der Waals surface area contributed by atoms with Crippen LogP contribution in [0.5, 0.6) is 0 Å². The molecule has 1 unspecified atom stereocenters. The maximum atomic E-state index is 11.7. The van der Waals surface area contributed by atoms with E-state index in [1.165, 1.54) is 0 Å². The van der Waals surface area contributed by atoms with E-state index in [2.05, 4.69) is 10.6 Å². The quantitative estimate of drug-likeness (QED) is 0.635. The molecule has 18 heavy (non-hydrogen) atoms. The Labute approximate surface area is 107 Å². The van der Waals surface area contributed by atoms with Gasteiger partial charge in [-0.15, -0.1) is 0 Å². The van der Waals surface area contributed by atoms with Crippen LogP contribution in [0.1, 0.15) is 24.4 Å². The Morgan fingerprint density at radius 3 is 2.56 bits per heavy atom. The van der Waals surface area contributed by atoms with Gasteiger partial charge in [0, 0.05) is 20.0 Å². The number of hydrogen-bond acceptors (Lipinski definition) is 3. The zero-order chi connectivity index (χ0) is 13.4. The maximum Gasteiger partial charge on any atom is 0.241 e. The van der Waals surface area contributed by atoms with Crippen LogP contribution in [-0.2, 0) is 9.59 Å². The molecule has 0 saturated heterocycles. The molecule has 0 bridgehead atoms. The molecule has 4 N–H and O–H groups in total. The van der Waals surface area contributed by atoms with Gasteiger partial charge in [-0.25, -0.2) is 0 Å². The van der Waals surface area contributed by atoms with E-state index < -0.39 is 6.04 Å². The van der Waals surface area contributed by atoms with Crippen molar-refractivity contribution in [2.45, 2.75) is 18.9 Å². The zero-order valence-corrected chi connectivity index (χ0v) is 10.5. The van der Waals surface area contributed by atoms with Gasteiger partial charge in [0.15, 0.2) is 0 Å². The average molecular weight is 249 g/mol.